The Balaban J connectivity index is 2.15. The van der Waals surface area contributed by atoms with Crippen LogP contribution < -0.4 is 5.73 Å². The molecular formula is C15H25NO. The van der Waals surface area contributed by atoms with Crippen molar-refractivity contribution >= 4 is 5.78 Å². The Morgan fingerprint density at radius 3 is 2.35 bits per heavy atom. The van der Waals surface area contributed by atoms with Crippen LogP contribution in [0.15, 0.2) is 11.6 Å². The van der Waals surface area contributed by atoms with Crippen molar-refractivity contribution in [3.8, 4) is 0 Å². The summed E-state index contributed by atoms with van der Waals surface area (Å²) >= 11 is 0. The predicted molar refractivity (Wildman–Crippen MR) is 70.7 cm³/mol. The van der Waals surface area contributed by atoms with Crippen LogP contribution in [0.4, 0.5) is 0 Å². The molecule has 0 spiro atoms. The van der Waals surface area contributed by atoms with Gasteiger partial charge < -0.3 is 5.73 Å². The fourth-order valence-corrected chi connectivity index (χ4v) is 3.31. The lowest BCUT2D eigenvalue weighted by molar-refractivity contribution is -0.125. The Kier molecular flexibility index (Phi) is 4.38. The zero-order valence-electron chi connectivity index (χ0n) is 10.8. The number of Topliss-reactive ketones (excluding diaryl/α,β-unsaturated/α-hetero) is 1. The first kappa shape index (κ1) is 12.8. The van der Waals surface area contributed by atoms with E-state index in [4.69, 9.17) is 5.73 Å². The molecule has 2 heteroatoms. The van der Waals surface area contributed by atoms with Crippen LogP contribution in [-0.2, 0) is 4.79 Å². The second-order valence-electron chi connectivity index (χ2n) is 5.70. The van der Waals surface area contributed by atoms with Gasteiger partial charge in [0.2, 0.25) is 0 Å². The second-order valence-corrected chi connectivity index (χ2v) is 5.70. The molecule has 2 nitrogen and oxygen atoms in total. The maximum Gasteiger partial charge on any atom is 0.165 e. The topological polar surface area (TPSA) is 43.1 Å². The molecule has 0 aromatic carbocycles. The minimum atomic E-state index is -0.209. The van der Waals surface area contributed by atoms with Gasteiger partial charge in [0.05, 0.1) is 0 Å². The minimum absolute atomic E-state index is 0.209. The minimum Gasteiger partial charge on any atom is -0.329 e. The molecule has 2 rings (SSSR count). The molecule has 0 aromatic rings. The molecule has 17 heavy (non-hydrogen) atoms. The van der Waals surface area contributed by atoms with E-state index in [1.165, 1.54) is 38.5 Å². The zero-order valence-corrected chi connectivity index (χ0v) is 10.8. The first-order valence-corrected chi connectivity index (χ1v) is 7.22. The van der Waals surface area contributed by atoms with Gasteiger partial charge in [-0.05, 0) is 44.1 Å². The van der Waals surface area contributed by atoms with E-state index < -0.39 is 0 Å². The van der Waals surface area contributed by atoms with E-state index in [1.54, 1.807) is 0 Å². The van der Waals surface area contributed by atoms with Crippen molar-refractivity contribution in [2.24, 2.45) is 11.1 Å². The molecule has 0 bridgehead atoms. The summed E-state index contributed by atoms with van der Waals surface area (Å²) < 4.78 is 0. The first-order chi connectivity index (χ1) is 8.28. The summed E-state index contributed by atoms with van der Waals surface area (Å²) in [6, 6.07) is 0. The van der Waals surface area contributed by atoms with Crippen molar-refractivity contribution in [1.29, 1.82) is 0 Å². The quantitative estimate of drug-likeness (QED) is 0.762. The maximum absolute atomic E-state index is 12.7. The standard InChI is InChI=1S/C15H25NO/c16-12-15(10-6-1-2-7-11-15)14(17)13-8-4-3-5-9-13/h8H,1-7,9-12,16H2. The van der Waals surface area contributed by atoms with Gasteiger partial charge in [0.15, 0.2) is 5.78 Å². The molecule has 2 N–H and O–H groups in total. The highest BCUT2D eigenvalue weighted by molar-refractivity contribution is 6.00. The van der Waals surface area contributed by atoms with Crippen LogP contribution in [-0.4, -0.2) is 12.3 Å². The number of rotatable bonds is 3. The molecule has 0 atom stereocenters. The Labute approximate surface area is 105 Å². The van der Waals surface area contributed by atoms with E-state index in [9.17, 15) is 4.79 Å². The molecular weight excluding hydrogens is 210 g/mol. The molecule has 1 saturated carbocycles. The summed E-state index contributed by atoms with van der Waals surface area (Å²) in [5, 5.41) is 0. The highest BCUT2D eigenvalue weighted by Gasteiger charge is 2.38. The SMILES string of the molecule is NCC1(C(=O)C2=CCCCC2)CCCCCC1. The predicted octanol–water partition coefficient (Wildman–Crippen LogP) is 3.36. The molecule has 1 fully saturated rings. The summed E-state index contributed by atoms with van der Waals surface area (Å²) in [6.07, 6.45) is 13.6. The zero-order chi connectivity index (χ0) is 12.1. The molecule has 0 radical (unpaired) electrons. The number of carbonyl (C=O) groups is 1. The summed E-state index contributed by atoms with van der Waals surface area (Å²) in [6.45, 7) is 0.545. The van der Waals surface area contributed by atoms with Crippen molar-refractivity contribution < 1.29 is 4.79 Å². The van der Waals surface area contributed by atoms with E-state index >= 15 is 0 Å². The highest BCUT2D eigenvalue weighted by atomic mass is 16.1. The lowest BCUT2D eigenvalue weighted by Gasteiger charge is -2.31. The van der Waals surface area contributed by atoms with Gasteiger partial charge in [-0.3, -0.25) is 4.79 Å². The van der Waals surface area contributed by atoms with Crippen LogP contribution in [0.2, 0.25) is 0 Å². The lowest BCUT2D eigenvalue weighted by atomic mass is 9.72. The largest absolute Gasteiger partial charge is 0.329 e. The monoisotopic (exact) mass is 235 g/mol. The Morgan fingerprint density at radius 1 is 1.12 bits per heavy atom. The summed E-state index contributed by atoms with van der Waals surface area (Å²) in [7, 11) is 0. The van der Waals surface area contributed by atoms with Gasteiger partial charge >= 0.3 is 0 Å². The first-order valence-electron chi connectivity index (χ1n) is 7.22. The van der Waals surface area contributed by atoms with E-state index in [0.29, 0.717) is 12.3 Å². The Bertz CT molecular complexity index is 298. The molecule has 0 aliphatic heterocycles. The Hall–Kier alpha value is -0.630. The molecule has 2 aliphatic rings. The molecule has 0 amide bonds. The molecule has 0 saturated heterocycles. The number of ketones is 1. The molecule has 0 unspecified atom stereocenters. The fourth-order valence-electron chi connectivity index (χ4n) is 3.31. The van der Waals surface area contributed by atoms with E-state index in [2.05, 4.69) is 6.08 Å². The third-order valence-electron chi connectivity index (χ3n) is 4.52. The summed E-state index contributed by atoms with van der Waals surface area (Å²) in [4.78, 5) is 12.7. The van der Waals surface area contributed by atoms with Crippen molar-refractivity contribution in [2.75, 3.05) is 6.54 Å². The Morgan fingerprint density at radius 2 is 1.82 bits per heavy atom. The van der Waals surface area contributed by atoms with Crippen LogP contribution in [0.1, 0.15) is 64.2 Å². The second kappa shape index (κ2) is 5.81. The summed E-state index contributed by atoms with van der Waals surface area (Å²) in [5.41, 5.74) is 6.85. The number of allylic oxidation sites excluding steroid dienone is 2. The smallest absolute Gasteiger partial charge is 0.165 e. The highest BCUT2D eigenvalue weighted by Crippen LogP contribution is 2.38. The van der Waals surface area contributed by atoms with Gasteiger partial charge in [0.25, 0.3) is 0 Å². The molecule has 2 aliphatic carbocycles. The lowest BCUT2D eigenvalue weighted by Crippen LogP contribution is -2.39. The normalized spacial score (nSPS) is 24.9. The van der Waals surface area contributed by atoms with Gasteiger partial charge in [0.1, 0.15) is 0 Å². The van der Waals surface area contributed by atoms with E-state index in [1.807, 2.05) is 0 Å². The number of hydrogen-bond donors (Lipinski definition) is 1. The number of nitrogens with two attached hydrogens (primary N) is 1. The van der Waals surface area contributed by atoms with Crippen molar-refractivity contribution in [2.45, 2.75) is 64.2 Å². The van der Waals surface area contributed by atoms with Gasteiger partial charge in [-0.1, -0.05) is 31.8 Å². The summed E-state index contributed by atoms with van der Waals surface area (Å²) in [5.74, 6) is 0.390. The van der Waals surface area contributed by atoms with Crippen LogP contribution in [0.5, 0.6) is 0 Å². The number of hydrogen-bond acceptors (Lipinski definition) is 2. The third kappa shape index (κ3) is 2.79. The molecule has 0 heterocycles. The van der Waals surface area contributed by atoms with Crippen LogP contribution >= 0.6 is 0 Å². The van der Waals surface area contributed by atoms with E-state index in [0.717, 1.165) is 31.3 Å². The van der Waals surface area contributed by atoms with Crippen LogP contribution in [0, 0.1) is 5.41 Å². The van der Waals surface area contributed by atoms with E-state index in [-0.39, 0.29) is 5.41 Å². The van der Waals surface area contributed by atoms with Gasteiger partial charge in [-0.15, -0.1) is 0 Å². The van der Waals surface area contributed by atoms with Gasteiger partial charge in [0, 0.05) is 12.0 Å². The average Bonchev–Trinajstić information content (AvgIpc) is 2.65. The van der Waals surface area contributed by atoms with Gasteiger partial charge in [-0.25, -0.2) is 0 Å². The molecule has 0 aromatic heterocycles. The fraction of sp³-hybridized carbons (Fsp3) is 0.800. The third-order valence-corrected chi connectivity index (χ3v) is 4.52. The van der Waals surface area contributed by atoms with Crippen LogP contribution in [0.3, 0.4) is 0 Å². The van der Waals surface area contributed by atoms with Crippen molar-refractivity contribution in [1.82, 2.24) is 0 Å². The van der Waals surface area contributed by atoms with Gasteiger partial charge in [-0.2, -0.15) is 0 Å². The molecule has 96 valence electrons. The number of carbonyl (C=O) groups excluding carboxylic acids is 1. The van der Waals surface area contributed by atoms with Crippen molar-refractivity contribution in [3.63, 3.8) is 0 Å². The van der Waals surface area contributed by atoms with Crippen molar-refractivity contribution in [3.05, 3.63) is 11.6 Å². The average molecular weight is 235 g/mol. The maximum atomic E-state index is 12.7. The van der Waals surface area contributed by atoms with Crippen LogP contribution in [0.25, 0.3) is 0 Å².